The molecule has 0 fully saturated rings. The van der Waals surface area contributed by atoms with Crippen LogP contribution in [0.5, 0.6) is 0 Å². The second-order valence-corrected chi connectivity index (χ2v) is 5.90. The van der Waals surface area contributed by atoms with E-state index in [0.29, 0.717) is 6.42 Å². The third-order valence-corrected chi connectivity index (χ3v) is 3.70. The van der Waals surface area contributed by atoms with E-state index in [1.54, 1.807) is 0 Å². The molecule has 0 aliphatic carbocycles. The number of hydrogen-bond acceptors (Lipinski definition) is 2. The molecule has 4 nitrogen and oxygen atoms in total. The summed E-state index contributed by atoms with van der Waals surface area (Å²) in [6.45, 7) is 3.73. The van der Waals surface area contributed by atoms with E-state index in [1.807, 2.05) is 13.8 Å². The Bertz CT molecular complexity index is 532. The van der Waals surface area contributed by atoms with Crippen molar-refractivity contribution in [1.29, 1.82) is 0 Å². The van der Waals surface area contributed by atoms with Crippen molar-refractivity contribution in [3.8, 4) is 0 Å². The normalized spacial score (nSPS) is 12.3. The van der Waals surface area contributed by atoms with E-state index in [-0.39, 0.29) is 26.5 Å². The number of carbonyl (C=O) groups excluding carboxylic acids is 1. The molecule has 1 unspecified atom stereocenters. The van der Waals surface area contributed by atoms with Crippen molar-refractivity contribution < 1.29 is 14.7 Å². The van der Waals surface area contributed by atoms with Gasteiger partial charge in [0.05, 0.1) is 20.6 Å². The summed E-state index contributed by atoms with van der Waals surface area (Å²) in [5.74, 6) is -1.65. The van der Waals surface area contributed by atoms with Crippen molar-refractivity contribution >= 4 is 46.7 Å². The van der Waals surface area contributed by atoms with Crippen LogP contribution in [0, 0.1) is 5.92 Å². The fraction of sp³-hybridized carbons (Fsp3) is 0.385. The van der Waals surface area contributed by atoms with Gasteiger partial charge in [-0.2, -0.15) is 0 Å². The highest BCUT2D eigenvalue weighted by molar-refractivity contribution is 6.46. The van der Waals surface area contributed by atoms with E-state index in [1.165, 1.54) is 12.1 Å². The van der Waals surface area contributed by atoms with Crippen LogP contribution in [0.2, 0.25) is 15.1 Å². The number of benzene rings is 1. The van der Waals surface area contributed by atoms with Crippen LogP contribution in [-0.4, -0.2) is 23.0 Å². The van der Waals surface area contributed by atoms with Crippen molar-refractivity contribution in [2.24, 2.45) is 5.92 Å². The van der Waals surface area contributed by atoms with Gasteiger partial charge in [0, 0.05) is 0 Å². The predicted molar refractivity (Wildman–Crippen MR) is 79.8 cm³/mol. The molecule has 1 aromatic carbocycles. The highest BCUT2D eigenvalue weighted by atomic mass is 35.5. The number of aliphatic carboxylic acids is 1. The molecule has 0 bridgehead atoms. The maximum Gasteiger partial charge on any atom is 0.326 e. The topological polar surface area (TPSA) is 66.4 Å². The number of carboxylic acids is 1. The number of carboxylic acid groups (broad SMARTS) is 1. The molecule has 0 aromatic heterocycles. The maximum atomic E-state index is 12.1. The molecule has 0 aliphatic heterocycles. The van der Waals surface area contributed by atoms with E-state index in [4.69, 9.17) is 39.9 Å². The van der Waals surface area contributed by atoms with Crippen molar-refractivity contribution in [2.75, 3.05) is 0 Å². The average Bonchev–Trinajstić information content (AvgIpc) is 2.33. The largest absolute Gasteiger partial charge is 0.480 e. The summed E-state index contributed by atoms with van der Waals surface area (Å²) in [7, 11) is 0. The molecule has 2 N–H and O–H groups in total. The van der Waals surface area contributed by atoms with Crippen LogP contribution < -0.4 is 5.32 Å². The van der Waals surface area contributed by atoms with Gasteiger partial charge in [0.15, 0.2) is 0 Å². The quantitative estimate of drug-likeness (QED) is 0.801. The molecule has 0 saturated heterocycles. The molecule has 110 valence electrons. The van der Waals surface area contributed by atoms with Crippen molar-refractivity contribution in [3.05, 3.63) is 32.8 Å². The fourth-order valence-corrected chi connectivity index (χ4v) is 2.36. The lowest BCUT2D eigenvalue weighted by Crippen LogP contribution is -2.41. The molecule has 0 saturated carbocycles. The lowest BCUT2D eigenvalue weighted by atomic mass is 10.0. The van der Waals surface area contributed by atoms with Crippen LogP contribution in [0.25, 0.3) is 0 Å². The van der Waals surface area contributed by atoms with E-state index >= 15 is 0 Å². The first kappa shape index (κ1) is 17.1. The van der Waals surface area contributed by atoms with Gasteiger partial charge in [0.2, 0.25) is 0 Å². The molecule has 0 spiro atoms. The van der Waals surface area contributed by atoms with Crippen LogP contribution in [0.3, 0.4) is 0 Å². The Balaban J connectivity index is 3.01. The number of nitrogens with one attached hydrogen (secondary N) is 1. The third kappa shape index (κ3) is 4.27. The monoisotopic (exact) mass is 337 g/mol. The lowest BCUT2D eigenvalue weighted by Gasteiger charge is -2.17. The van der Waals surface area contributed by atoms with Gasteiger partial charge in [-0.15, -0.1) is 0 Å². The molecule has 7 heteroatoms. The number of amides is 1. The Morgan fingerprint density at radius 2 is 1.75 bits per heavy atom. The van der Waals surface area contributed by atoms with Gasteiger partial charge in [-0.3, -0.25) is 4.79 Å². The zero-order valence-electron chi connectivity index (χ0n) is 10.9. The van der Waals surface area contributed by atoms with Crippen molar-refractivity contribution in [1.82, 2.24) is 5.32 Å². The minimum atomic E-state index is -1.11. The van der Waals surface area contributed by atoms with Crippen LogP contribution >= 0.6 is 34.8 Å². The van der Waals surface area contributed by atoms with Crippen LogP contribution in [-0.2, 0) is 4.79 Å². The summed E-state index contributed by atoms with van der Waals surface area (Å²) in [6, 6.07) is 1.89. The average molecular weight is 339 g/mol. The Morgan fingerprint density at radius 3 is 2.25 bits per heavy atom. The highest BCUT2D eigenvalue weighted by Crippen LogP contribution is 2.31. The zero-order chi connectivity index (χ0) is 15.4. The first-order chi connectivity index (χ1) is 9.23. The second-order valence-electron chi connectivity index (χ2n) is 4.71. The van der Waals surface area contributed by atoms with Gasteiger partial charge in [0.1, 0.15) is 6.04 Å². The van der Waals surface area contributed by atoms with Gasteiger partial charge in [-0.25, -0.2) is 4.79 Å². The fourth-order valence-electron chi connectivity index (χ4n) is 1.66. The smallest absolute Gasteiger partial charge is 0.326 e. The molecule has 20 heavy (non-hydrogen) atoms. The number of hydrogen-bond donors (Lipinski definition) is 2. The summed E-state index contributed by atoms with van der Waals surface area (Å²) in [5.41, 5.74) is -0.0177. The number of halogens is 3. The van der Waals surface area contributed by atoms with E-state index < -0.39 is 17.9 Å². The van der Waals surface area contributed by atoms with Crippen molar-refractivity contribution in [3.63, 3.8) is 0 Å². The third-order valence-electron chi connectivity index (χ3n) is 2.58. The summed E-state index contributed by atoms with van der Waals surface area (Å²) < 4.78 is 0. The van der Waals surface area contributed by atoms with E-state index in [2.05, 4.69) is 5.32 Å². The SMILES string of the molecule is CC(C)CC(NC(=O)c1c(Cl)ccc(Cl)c1Cl)C(=O)O. The second kappa shape index (κ2) is 7.16. The van der Waals surface area contributed by atoms with Gasteiger partial charge in [-0.1, -0.05) is 48.7 Å². The Hall–Kier alpha value is -0.970. The minimum Gasteiger partial charge on any atom is -0.480 e. The Kier molecular flexibility index (Phi) is 6.11. The number of rotatable bonds is 5. The molecule has 0 aliphatic rings. The molecule has 1 atom stereocenters. The molecule has 1 rings (SSSR count). The van der Waals surface area contributed by atoms with Gasteiger partial charge in [0.25, 0.3) is 5.91 Å². The molecule has 1 aromatic rings. The van der Waals surface area contributed by atoms with E-state index in [9.17, 15) is 9.59 Å². The molecular weight excluding hydrogens is 325 g/mol. The Labute approximate surface area is 132 Å². The lowest BCUT2D eigenvalue weighted by molar-refractivity contribution is -0.139. The van der Waals surface area contributed by atoms with Gasteiger partial charge >= 0.3 is 5.97 Å². The molecular formula is C13H14Cl3NO3. The van der Waals surface area contributed by atoms with E-state index in [0.717, 1.165) is 0 Å². The first-order valence-electron chi connectivity index (χ1n) is 5.91. The predicted octanol–water partition coefficient (Wildman–Crippen LogP) is 3.88. The zero-order valence-corrected chi connectivity index (χ0v) is 13.2. The molecule has 0 radical (unpaired) electrons. The van der Waals surface area contributed by atoms with Crippen molar-refractivity contribution in [2.45, 2.75) is 26.3 Å². The summed E-state index contributed by atoms with van der Waals surface area (Å²) in [6.07, 6.45) is 0.302. The highest BCUT2D eigenvalue weighted by Gasteiger charge is 2.24. The van der Waals surface area contributed by atoms with Crippen LogP contribution in [0.15, 0.2) is 12.1 Å². The number of carbonyl (C=O) groups is 2. The summed E-state index contributed by atoms with van der Waals surface area (Å²) in [4.78, 5) is 23.3. The molecule has 1 amide bonds. The first-order valence-corrected chi connectivity index (χ1v) is 7.04. The maximum absolute atomic E-state index is 12.1. The summed E-state index contributed by atoms with van der Waals surface area (Å²) in [5, 5.41) is 11.8. The molecule has 0 heterocycles. The van der Waals surface area contributed by atoms with Crippen LogP contribution in [0.1, 0.15) is 30.6 Å². The summed E-state index contributed by atoms with van der Waals surface area (Å²) >= 11 is 17.7. The minimum absolute atomic E-state index is 0.00496. The standard InChI is InChI=1S/C13H14Cl3NO3/c1-6(2)5-9(13(19)20)17-12(18)10-7(14)3-4-8(15)11(10)16/h3-4,6,9H,5H2,1-2H3,(H,17,18)(H,19,20). The van der Waals surface area contributed by atoms with Gasteiger partial charge in [-0.05, 0) is 24.5 Å². The van der Waals surface area contributed by atoms with Gasteiger partial charge < -0.3 is 10.4 Å². The Morgan fingerprint density at radius 1 is 1.20 bits per heavy atom. The van der Waals surface area contributed by atoms with Crippen LogP contribution in [0.4, 0.5) is 0 Å².